The summed E-state index contributed by atoms with van der Waals surface area (Å²) in [4.78, 5) is 152. The molecule has 10 aromatic rings. The van der Waals surface area contributed by atoms with Gasteiger partial charge in [-0.25, -0.2) is 29.9 Å². The molecule has 0 fully saturated rings. The minimum Gasteiger partial charge on any atom is -0.258 e. The van der Waals surface area contributed by atoms with E-state index in [-0.39, 0.29) is 16.7 Å². The van der Waals surface area contributed by atoms with E-state index in [0.717, 1.165) is 36.4 Å². The van der Waals surface area contributed by atoms with E-state index in [1.54, 1.807) is 0 Å². The van der Waals surface area contributed by atoms with Crippen LogP contribution in [0.25, 0.3) is 101 Å². The lowest BCUT2D eigenvalue weighted by Crippen LogP contribution is -2.06. The molecule has 0 N–H and O–H groups in total. The minimum absolute atomic E-state index is 0.0709. The number of hydrogen-bond donors (Lipinski definition) is 0. The minimum atomic E-state index is -1.19. The standard InChI is InChI=1S/C49H21N17O22/c1-20-2-3-21(14-32(20)61(77)78)38-39(22-4-9-27(56(67)68)33(15-22)62(79)80)51-45-44(50-38)46-48(54-41(24-6-11-29(58(71)72)35(17-24)64(83)84)40(52-46)23-5-10-28(57(69)70)34(16-23)63(81)82)49-47(45)53-42(25-7-12-30(59(73)74)36(18-25)65(85)86)43(55-49)26-8-13-31(60(75)76)37(19-26)66(87)88/h2-19H,1H3. The maximum absolute atomic E-state index is 12.5. The van der Waals surface area contributed by atoms with Crippen LogP contribution in [0.5, 0.6) is 0 Å². The second-order valence-electron chi connectivity index (χ2n) is 18.2. The number of nitro groups is 11. The predicted octanol–water partition coefficient (Wildman–Crippen LogP) is 10.8. The number of aromatic nitrogens is 6. The first kappa shape index (κ1) is 57.2. The molecule has 10 rings (SSSR count). The zero-order chi connectivity index (χ0) is 63.6. The monoisotopic (exact) mass is 1200 g/mol. The third kappa shape index (κ3) is 9.83. The van der Waals surface area contributed by atoms with Gasteiger partial charge in [-0.2, -0.15) is 0 Å². The van der Waals surface area contributed by atoms with Gasteiger partial charge < -0.3 is 0 Å². The summed E-state index contributed by atoms with van der Waals surface area (Å²) in [5.41, 5.74) is -21.2. The predicted molar refractivity (Wildman–Crippen MR) is 296 cm³/mol. The highest BCUT2D eigenvalue weighted by molar-refractivity contribution is 6.20. The van der Waals surface area contributed by atoms with Gasteiger partial charge in [0.25, 0.3) is 5.69 Å². The van der Waals surface area contributed by atoms with Gasteiger partial charge in [0, 0.05) is 106 Å². The fourth-order valence-corrected chi connectivity index (χ4v) is 9.31. The van der Waals surface area contributed by atoms with E-state index in [1.807, 2.05) is 0 Å². The number of fused-ring (bicyclic) bond motifs is 6. The number of rotatable bonds is 17. The van der Waals surface area contributed by atoms with Gasteiger partial charge in [0.2, 0.25) is 0 Å². The van der Waals surface area contributed by atoms with Crippen molar-refractivity contribution in [3.8, 4) is 67.5 Å². The Morgan fingerprint density at radius 2 is 0.364 bits per heavy atom. The maximum atomic E-state index is 12.5. The summed E-state index contributed by atoms with van der Waals surface area (Å²) in [7, 11) is 0. The van der Waals surface area contributed by atoms with Crippen LogP contribution >= 0.6 is 0 Å². The third-order valence-corrected chi connectivity index (χ3v) is 13.3. The number of aryl methyl sites for hydroxylation is 1. The second-order valence-corrected chi connectivity index (χ2v) is 18.2. The lowest BCUT2D eigenvalue weighted by Gasteiger charge is -2.17. The Morgan fingerprint density at radius 3 is 0.523 bits per heavy atom. The summed E-state index contributed by atoms with van der Waals surface area (Å²) in [5.74, 6) is 0. The number of hydrogen-bond acceptors (Lipinski definition) is 28. The van der Waals surface area contributed by atoms with Crippen LogP contribution in [-0.4, -0.2) is 84.1 Å². The quantitative estimate of drug-likeness (QED) is 0.0464. The van der Waals surface area contributed by atoms with E-state index < -0.39 is 206 Å². The van der Waals surface area contributed by atoms with Gasteiger partial charge in [-0.1, -0.05) is 12.1 Å². The Morgan fingerprint density at radius 1 is 0.216 bits per heavy atom. The molecule has 88 heavy (non-hydrogen) atoms. The van der Waals surface area contributed by atoms with Crippen LogP contribution in [0.1, 0.15) is 5.56 Å². The summed E-state index contributed by atoms with van der Waals surface area (Å²) in [5, 5.41) is 135. The molecule has 3 heterocycles. The lowest BCUT2D eigenvalue weighted by atomic mass is 9.99. The zero-order valence-electron chi connectivity index (χ0n) is 43.0. The topological polar surface area (TPSA) is 552 Å². The van der Waals surface area contributed by atoms with Crippen molar-refractivity contribution >= 4 is 95.7 Å². The summed E-state index contributed by atoms with van der Waals surface area (Å²) >= 11 is 0. The number of nitrogens with zero attached hydrogens (tertiary/aromatic N) is 17. The Labute approximate surface area is 479 Å². The van der Waals surface area contributed by atoms with Gasteiger partial charge in [0.15, 0.2) is 0 Å². The summed E-state index contributed by atoms with van der Waals surface area (Å²) in [6.07, 6.45) is 0. The average molecular weight is 1200 g/mol. The summed E-state index contributed by atoms with van der Waals surface area (Å²) < 4.78 is 0. The highest BCUT2D eigenvalue weighted by Crippen LogP contribution is 2.46. The molecule has 0 bridgehead atoms. The molecule has 0 aliphatic carbocycles. The second kappa shape index (κ2) is 21.4. The van der Waals surface area contributed by atoms with Gasteiger partial charge >= 0.3 is 56.9 Å². The average Bonchev–Trinajstić information content (AvgIpc) is 1.50. The molecule has 3 aromatic heterocycles. The molecule has 0 spiro atoms. The summed E-state index contributed by atoms with van der Waals surface area (Å²) in [6.45, 7) is 1.35. The van der Waals surface area contributed by atoms with Crippen molar-refractivity contribution in [3.05, 3.63) is 226 Å². The smallest absolute Gasteiger partial charge is 0.258 e. The van der Waals surface area contributed by atoms with Crippen LogP contribution < -0.4 is 0 Å². The van der Waals surface area contributed by atoms with Gasteiger partial charge in [-0.05, 0) is 37.3 Å². The van der Waals surface area contributed by atoms with Crippen LogP contribution in [0.4, 0.5) is 62.6 Å². The summed E-state index contributed by atoms with van der Waals surface area (Å²) in [6, 6.07) is 14.7. The van der Waals surface area contributed by atoms with E-state index in [4.69, 9.17) is 29.9 Å². The van der Waals surface area contributed by atoms with Gasteiger partial charge in [0.1, 0.15) is 33.1 Å². The fourth-order valence-electron chi connectivity index (χ4n) is 9.31. The number of benzene rings is 7. The van der Waals surface area contributed by atoms with E-state index in [9.17, 15) is 111 Å². The maximum Gasteiger partial charge on any atom is 0.346 e. The molecule has 0 atom stereocenters. The first-order valence-electron chi connectivity index (χ1n) is 23.8. The molecule has 7 aromatic carbocycles. The van der Waals surface area contributed by atoms with Crippen molar-refractivity contribution in [3.63, 3.8) is 0 Å². The molecule has 0 radical (unpaired) electrons. The molecular weight excluding hydrogens is 1180 g/mol. The largest absolute Gasteiger partial charge is 0.346 e. The first-order valence-corrected chi connectivity index (χ1v) is 23.8. The Kier molecular flexibility index (Phi) is 13.9. The SMILES string of the molecule is Cc1ccc(-c2nc3c(nc2-c2ccc([N+](=O)[O-])c([N+](=O)[O-])c2)c2nc(-c4ccc([N+](=O)[O-])c([N+](=O)[O-])c4)c(-c4ccc([N+](=O)[O-])c([N+](=O)[O-])c4)nc2c2nc(-c4ccc([N+](=O)[O-])c([N+](=O)[O-])c4)c(-c4ccc([N+](=O)[O-])c([N+](=O)[O-])c4)nc32)cc1[N+](=O)[O-]. The molecule has 0 saturated heterocycles. The van der Waals surface area contributed by atoms with Crippen molar-refractivity contribution in [2.24, 2.45) is 0 Å². The fraction of sp³-hybridized carbons (Fsp3) is 0.0204. The molecule has 0 aliphatic rings. The van der Waals surface area contributed by atoms with E-state index in [0.29, 0.717) is 60.7 Å². The molecular formula is C49H21N17O22. The molecule has 0 unspecified atom stereocenters. The van der Waals surface area contributed by atoms with Crippen LogP contribution in [-0.2, 0) is 0 Å². The van der Waals surface area contributed by atoms with E-state index in [1.165, 1.54) is 19.1 Å². The molecule has 434 valence electrons. The molecule has 0 aliphatic heterocycles. The molecule has 0 saturated carbocycles. The lowest BCUT2D eigenvalue weighted by molar-refractivity contribution is -0.422. The highest BCUT2D eigenvalue weighted by Gasteiger charge is 2.35. The Bertz CT molecular complexity index is 4870. The van der Waals surface area contributed by atoms with E-state index in [2.05, 4.69) is 0 Å². The van der Waals surface area contributed by atoms with Crippen LogP contribution in [0.15, 0.2) is 109 Å². The van der Waals surface area contributed by atoms with Crippen molar-refractivity contribution in [1.82, 2.24) is 29.9 Å². The van der Waals surface area contributed by atoms with Gasteiger partial charge in [-0.3, -0.25) is 111 Å². The van der Waals surface area contributed by atoms with E-state index >= 15 is 0 Å². The Balaban J connectivity index is 1.50. The normalized spacial score (nSPS) is 11.1. The highest BCUT2D eigenvalue weighted by atomic mass is 16.7. The zero-order valence-corrected chi connectivity index (χ0v) is 43.0. The number of nitro benzene ring substituents is 11. The molecule has 0 amide bonds. The third-order valence-electron chi connectivity index (χ3n) is 13.3. The van der Waals surface area contributed by atoms with Crippen LogP contribution in [0, 0.1) is 118 Å². The van der Waals surface area contributed by atoms with Crippen molar-refractivity contribution in [2.75, 3.05) is 0 Å². The van der Waals surface area contributed by atoms with Crippen LogP contribution in [0.3, 0.4) is 0 Å². The van der Waals surface area contributed by atoms with Crippen molar-refractivity contribution in [2.45, 2.75) is 6.92 Å². The van der Waals surface area contributed by atoms with Crippen LogP contribution in [0.2, 0.25) is 0 Å². The van der Waals surface area contributed by atoms with Gasteiger partial charge in [0.05, 0.1) is 88.3 Å². The van der Waals surface area contributed by atoms with Crippen molar-refractivity contribution in [1.29, 1.82) is 0 Å². The first-order chi connectivity index (χ1) is 41.6. The van der Waals surface area contributed by atoms with Gasteiger partial charge in [-0.15, -0.1) is 0 Å². The Hall–Kier alpha value is -14.0. The molecule has 39 nitrogen and oxygen atoms in total. The molecule has 39 heteroatoms. The van der Waals surface area contributed by atoms with Crippen molar-refractivity contribution < 1.29 is 54.2 Å².